The fourth-order valence-electron chi connectivity index (χ4n) is 2.38. The molecule has 1 aliphatic heterocycles. The van der Waals surface area contributed by atoms with Crippen LogP contribution in [-0.4, -0.2) is 35.7 Å². The number of benzene rings is 1. The van der Waals surface area contributed by atoms with Gasteiger partial charge in [0.2, 0.25) is 5.91 Å². The molecular weight excluding hydrogens is 228 g/mol. The monoisotopic (exact) mass is 248 g/mol. The number of aryl methyl sites for hydroxylation is 1. The molecule has 0 aromatic heterocycles. The van der Waals surface area contributed by atoms with Crippen molar-refractivity contribution in [1.29, 1.82) is 0 Å². The molecule has 2 rings (SSSR count). The fraction of sp³-hybridized carbons (Fsp3) is 0.500. The SMILES string of the molecule is Cc1cccc(N2C(=O)C(CO)NCC2(C)C)c1. The zero-order valence-electron chi connectivity index (χ0n) is 11.1. The number of anilines is 1. The van der Waals surface area contributed by atoms with E-state index in [1.165, 1.54) is 0 Å². The van der Waals surface area contributed by atoms with Gasteiger partial charge in [0, 0.05) is 12.2 Å². The predicted molar refractivity (Wildman–Crippen MR) is 71.6 cm³/mol. The maximum atomic E-state index is 12.4. The molecule has 4 heteroatoms. The van der Waals surface area contributed by atoms with Crippen molar-refractivity contribution < 1.29 is 9.90 Å². The molecule has 1 atom stereocenters. The Morgan fingerprint density at radius 3 is 2.83 bits per heavy atom. The molecule has 1 aromatic rings. The number of nitrogens with one attached hydrogen (secondary N) is 1. The van der Waals surface area contributed by atoms with Gasteiger partial charge in [-0.25, -0.2) is 0 Å². The van der Waals surface area contributed by atoms with Crippen LogP contribution in [0.3, 0.4) is 0 Å². The molecule has 1 unspecified atom stereocenters. The summed E-state index contributed by atoms with van der Waals surface area (Å²) >= 11 is 0. The molecule has 0 aliphatic carbocycles. The van der Waals surface area contributed by atoms with E-state index in [4.69, 9.17) is 0 Å². The second kappa shape index (κ2) is 4.71. The molecule has 4 nitrogen and oxygen atoms in total. The van der Waals surface area contributed by atoms with Crippen molar-refractivity contribution >= 4 is 11.6 Å². The summed E-state index contributed by atoms with van der Waals surface area (Å²) in [4.78, 5) is 14.2. The molecule has 18 heavy (non-hydrogen) atoms. The van der Waals surface area contributed by atoms with E-state index in [-0.39, 0.29) is 18.1 Å². The lowest BCUT2D eigenvalue weighted by Crippen LogP contribution is -2.66. The Morgan fingerprint density at radius 2 is 2.22 bits per heavy atom. The molecule has 1 amide bonds. The third kappa shape index (κ3) is 2.26. The Bertz CT molecular complexity index is 457. The topological polar surface area (TPSA) is 52.6 Å². The fourth-order valence-corrected chi connectivity index (χ4v) is 2.38. The number of amides is 1. The molecule has 2 N–H and O–H groups in total. The van der Waals surface area contributed by atoms with Gasteiger partial charge >= 0.3 is 0 Å². The van der Waals surface area contributed by atoms with E-state index in [0.29, 0.717) is 6.54 Å². The summed E-state index contributed by atoms with van der Waals surface area (Å²) in [5, 5.41) is 12.3. The first kappa shape index (κ1) is 13.1. The van der Waals surface area contributed by atoms with Crippen LogP contribution in [0.2, 0.25) is 0 Å². The number of piperazine rings is 1. The summed E-state index contributed by atoms with van der Waals surface area (Å²) in [5.74, 6) is -0.0700. The molecule has 1 fully saturated rings. The van der Waals surface area contributed by atoms with Gasteiger partial charge < -0.3 is 15.3 Å². The minimum absolute atomic E-state index is 0.0700. The zero-order valence-corrected chi connectivity index (χ0v) is 11.1. The van der Waals surface area contributed by atoms with Gasteiger partial charge in [-0.15, -0.1) is 0 Å². The van der Waals surface area contributed by atoms with E-state index >= 15 is 0 Å². The number of carbonyl (C=O) groups is 1. The highest BCUT2D eigenvalue weighted by atomic mass is 16.3. The second-order valence-electron chi connectivity index (χ2n) is 5.44. The Balaban J connectivity index is 2.40. The third-order valence-electron chi connectivity index (χ3n) is 3.35. The van der Waals surface area contributed by atoms with Crippen molar-refractivity contribution in [3.05, 3.63) is 29.8 Å². The average molecular weight is 248 g/mol. The van der Waals surface area contributed by atoms with Crippen LogP contribution in [0.5, 0.6) is 0 Å². The van der Waals surface area contributed by atoms with Crippen molar-refractivity contribution in [2.75, 3.05) is 18.1 Å². The summed E-state index contributed by atoms with van der Waals surface area (Å²) in [6.45, 7) is 6.55. The molecule has 0 saturated carbocycles. The molecule has 0 spiro atoms. The third-order valence-corrected chi connectivity index (χ3v) is 3.35. The van der Waals surface area contributed by atoms with Crippen molar-refractivity contribution in [3.63, 3.8) is 0 Å². The van der Waals surface area contributed by atoms with Crippen LogP contribution in [-0.2, 0) is 4.79 Å². The van der Waals surface area contributed by atoms with E-state index in [9.17, 15) is 9.90 Å². The van der Waals surface area contributed by atoms with Crippen LogP contribution < -0.4 is 10.2 Å². The predicted octanol–water partition coefficient (Wildman–Crippen LogP) is 1.07. The molecular formula is C14H20N2O2. The van der Waals surface area contributed by atoms with Crippen LogP contribution in [0, 0.1) is 6.92 Å². The highest BCUT2D eigenvalue weighted by Gasteiger charge is 2.40. The number of aliphatic hydroxyl groups is 1. The van der Waals surface area contributed by atoms with Crippen LogP contribution in [0.25, 0.3) is 0 Å². The first-order valence-electron chi connectivity index (χ1n) is 6.21. The largest absolute Gasteiger partial charge is 0.394 e. The Hall–Kier alpha value is -1.39. The van der Waals surface area contributed by atoms with Crippen molar-refractivity contribution in [2.45, 2.75) is 32.4 Å². The number of hydrogen-bond acceptors (Lipinski definition) is 3. The minimum atomic E-state index is -0.501. The van der Waals surface area contributed by atoms with Gasteiger partial charge in [-0.1, -0.05) is 12.1 Å². The van der Waals surface area contributed by atoms with Gasteiger partial charge in [-0.2, -0.15) is 0 Å². The molecule has 98 valence electrons. The minimum Gasteiger partial charge on any atom is -0.394 e. The first-order chi connectivity index (χ1) is 8.45. The van der Waals surface area contributed by atoms with Gasteiger partial charge in [0.25, 0.3) is 0 Å². The molecule has 0 bridgehead atoms. The van der Waals surface area contributed by atoms with E-state index in [0.717, 1.165) is 11.3 Å². The van der Waals surface area contributed by atoms with Gasteiger partial charge in [-0.05, 0) is 38.5 Å². The summed E-state index contributed by atoms with van der Waals surface area (Å²) < 4.78 is 0. The van der Waals surface area contributed by atoms with Gasteiger partial charge in [0.05, 0.1) is 12.1 Å². The number of hydrogen-bond donors (Lipinski definition) is 2. The standard InChI is InChI=1S/C14H20N2O2/c1-10-5-4-6-11(7-10)16-13(18)12(8-17)15-9-14(16,2)3/h4-7,12,15,17H,8-9H2,1-3H3. The lowest BCUT2D eigenvalue weighted by Gasteiger charge is -2.45. The normalized spacial score (nSPS) is 23.2. The average Bonchev–Trinajstić information content (AvgIpc) is 2.28. The molecule has 1 saturated heterocycles. The lowest BCUT2D eigenvalue weighted by atomic mass is 9.95. The Morgan fingerprint density at radius 1 is 1.50 bits per heavy atom. The van der Waals surface area contributed by atoms with E-state index < -0.39 is 6.04 Å². The smallest absolute Gasteiger partial charge is 0.247 e. The van der Waals surface area contributed by atoms with Crippen LogP contribution in [0.4, 0.5) is 5.69 Å². The quantitative estimate of drug-likeness (QED) is 0.823. The van der Waals surface area contributed by atoms with Crippen LogP contribution in [0.15, 0.2) is 24.3 Å². The maximum Gasteiger partial charge on any atom is 0.247 e. The molecule has 1 heterocycles. The van der Waals surface area contributed by atoms with E-state index in [1.54, 1.807) is 4.90 Å². The van der Waals surface area contributed by atoms with Gasteiger partial charge in [0.15, 0.2) is 0 Å². The highest BCUT2D eigenvalue weighted by molar-refractivity contribution is 5.99. The van der Waals surface area contributed by atoms with Gasteiger partial charge in [-0.3, -0.25) is 4.79 Å². The highest BCUT2D eigenvalue weighted by Crippen LogP contribution is 2.28. The second-order valence-corrected chi connectivity index (χ2v) is 5.44. The Kier molecular flexibility index (Phi) is 3.41. The Labute approximate surface area is 108 Å². The summed E-state index contributed by atoms with van der Waals surface area (Å²) in [6, 6.07) is 7.39. The van der Waals surface area contributed by atoms with Crippen molar-refractivity contribution in [3.8, 4) is 0 Å². The van der Waals surface area contributed by atoms with Gasteiger partial charge in [0.1, 0.15) is 6.04 Å². The van der Waals surface area contributed by atoms with Crippen LogP contribution >= 0.6 is 0 Å². The molecule has 0 radical (unpaired) electrons. The van der Waals surface area contributed by atoms with Crippen molar-refractivity contribution in [1.82, 2.24) is 5.32 Å². The van der Waals surface area contributed by atoms with E-state index in [1.807, 2.05) is 45.0 Å². The zero-order chi connectivity index (χ0) is 13.3. The summed E-state index contributed by atoms with van der Waals surface area (Å²) in [6.07, 6.45) is 0. The molecule has 1 aliphatic rings. The number of carbonyl (C=O) groups excluding carboxylic acids is 1. The first-order valence-corrected chi connectivity index (χ1v) is 6.21. The van der Waals surface area contributed by atoms with Crippen molar-refractivity contribution in [2.24, 2.45) is 0 Å². The number of aliphatic hydroxyl groups excluding tert-OH is 1. The maximum absolute atomic E-state index is 12.4. The molecule has 1 aromatic carbocycles. The number of nitrogens with zero attached hydrogens (tertiary/aromatic N) is 1. The summed E-state index contributed by atoms with van der Waals surface area (Å²) in [7, 11) is 0. The van der Waals surface area contributed by atoms with Crippen LogP contribution in [0.1, 0.15) is 19.4 Å². The summed E-state index contributed by atoms with van der Waals surface area (Å²) in [5.41, 5.74) is 1.72. The number of rotatable bonds is 2. The lowest BCUT2D eigenvalue weighted by molar-refractivity contribution is -0.124. The van der Waals surface area contributed by atoms with E-state index in [2.05, 4.69) is 5.32 Å².